The van der Waals surface area contributed by atoms with E-state index < -0.39 is 22.4 Å². The molecule has 2 aromatic carbocycles. The lowest BCUT2D eigenvalue weighted by molar-refractivity contribution is -0.388. The van der Waals surface area contributed by atoms with Crippen LogP contribution in [0, 0.1) is 10.1 Å². The van der Waals surface area contributed by atoms with Gasteiger partial charge in [-0.15, -0.1) is 10.2 Å². The first kappa shape index (κ1) is 18.7. The van der Waals surface area contributed by atoms with E-state index in [9.17, 15) is 23.3 Å². The van der Waals surface area contributed by atoms with E-state index in [0.717, 1.165) is 29.5 Å². The van der Waals surface area contributed by atoms with E-state index in [1.807, 2.05) is 30.3 Å². The molecule has 0 amide bonds. The number of nitro benzene ring substituents is 1. The van der Waals surface area contributed by atoms with Gasteiger partial charge >= 0.3 is 6.18 Å². The molecular formula is C16H12F3N5O2S. The van der Waals surface area contributed by atoms with Crippen LogP contribution in [-0.2, 0) is 12.6 Å². The van der Waals surface area contributed by atoms with Crippen molar-refractivity contribution in [1.29, 1.82) is 0 Å². The smallest absolute Gasteiger partial charge is 0.336 e. The maximum atomic E-state index is 12.8. The molecule has 0 spiro atoms. The molecule has 0 fully saturated rings. The summed E-state index contributed by atoms with van der Waals surface area (Å²) in [4.78, 5) is 10.3. The predicted octanol–water partition coefficient (Wildman–Crippen LogP) is 3.66. The van der Waals surface area contributed by atoms with E-state index in [4.69, 9.17) is 5.84 Å². The first-order valence-electron chi connectivity index (χ1n) is 7.52. The van der Waals surface area contributed by atoms with E-state index in [2.05, 4.69) is 10.2 Å². The van der Waals surface area contributed by atoms with Gasteiger partial charge in [-0.3, -0.25) is 10.1 Å². The molecule has 0 bridgehead atoms. The molecule has 0 aliphatic carbocycles. The molecule has 0 saturated carbocycles. The average Bonchev–Trinajstić information content (AvgIpc) is 2.95. The van der Waals surface area contributed by atoms with Crippen molar-refractivity contribution in [3.05, 3.63) is 75.6 Å². The van der Waals surface area contributed by atoms with Crippen LogP contribution in [0.3, 0.4) is 0 Å². The highest BCUT2D eigenvalue weighted by Crippen LogP contribution is 2.38. The van der Waals surface area contributed by atoms with Crippen LogP contribution < -0.4 is 5.84 Å². The number of nitrogens with two attached hydrogens (primary N) is 1. The molecule has 1 aromatic heterocycles. The molecule has 0 aliphatic heterocycles. The summed E-state index contributed by atoms with van der Waals surface area (Å²) in [6.45, 7) is 0. The molecule has 2 N–H and O–H groups in total. The van der Waals surface area contributed by atoms with Crippen molar-refractivity contribution in [3.63, 3.8) is 0 Å². The Balaban J connectivity index is 1.88. The number of rotatable bonds is 5. The Kier molecular flexibility index (Phi) is 5.04. The third-order valence-electron chi connectivity index (χ3n) is 3.62. The number of aromatic nitrogens is 3. The van der Waals surface area contributed by atoms with Gasteiger partial charge in [-0.05, 0) is 29.5 Å². The van der Waals surface area contributed by atoms with Crippen LogP contribution in [0.15, 0.2) is 58.6 Å². The van der Waals surface area contributed by atoms with Gasteiger partial charge in [-0.1, -0.05) is 30.3 Å². The minimum absolute atomic E-state index is 0.0154. The lowest BCUT2D eigenvalue weighted by Gasteiger charge is -2.08. The Hall–Kier alpha value is -3.08. The second-order valence-electron chi connectivity index (χ2n) is 5.47. The van der Waals surface area contributed by atoms with E-state index in [0.29, 0.717) is 18.3 Å². The zero-order valence-electron chi connectivity index (χ0n) is 13.6. The highest BCUT2D eigenvalue weighted by atomic mass is 32.2. The van der Waals surface area contributed by atoms with Gasteiger partial charge < -0.3 is 5.84 Å². The third-order valence-corrected chi connectivity index (χ3v) is 4.65. The number of hydrogen-bond acceptors (Lipinski definition) is 6. The topological polar surface area (TPSA) is 99.9 Å². The van der Waals surface area contributed by atoms with Crippen LogP contribution in [0.25, 0.3) is 0 Å². The summed E-state index contributed by atoms with van der Waals surface area (Å²) in [5, 5.41) is 19.1. The van der Waals surface area contributed by atoms with Crippen LogP contribution in [0.2, 0.25) is 0 Å². The zero-order valence-corrected chi connectivity index (χ0v) is 14.4. The average molecular weight is 395 g/mol. The molecule has 140 valence electrons. The molecular weight excluding hydrogens is 383 g/mol. The van der Waals surface area contributed by atoms with Gasteiger partial charge in [0.2, 0.25) is 5.16 Å². The molecule has 0 aliphatic rings. The van der Waals surface area contributed by atoms with Crippen molar-refractivity contribution >= 4 is 17.4 Å². The van der Waals surface area contributed by atoms with Crippen LogP contribution in [-0.4, -0.2) is 19.8 Å². The summed E-state index contributed by atoms with van der Waals surface area (Å²) in [6.07, 6.45) is -4.29. The number of alkyl halides is 3. The number of nitrogen functional groups attached to an aromatic ring is 1. The number of nitro groups is 1. The van der Waals surface area contributed by atoms with Gasteiger partial charge in [0, 0.05) is 12.5 Å². The summed E-state index contributed by atoms with van der Waals surface area (Å²) in [6, 6.07) is 11.6. The van der Waals surface area contributed by atoms with E-state index in [1.165, 1.54) is 4.68 Å². The van der Waals surface area contributed by atoms with Crippen molar-refractivity contribution in [2.75, 3.05) is 5.84 Å². The van der Waals surface area contributed by atoms with Crippen LogP contribution >= 0.6 is 11.8 Å². The van der Waals surface area contributed by atoms with Crippen molar-refractivity contribution < 1.29 is 18.1 Å². The van der Waals surface area contributed by atoms with E-state index in [1.54, 1.807) is 0 Å². The molecule has 11 heteroatoms. The van der Waals surface area contributed by atoms with Crippen molar-refractivity contribution in [2.24, 2.45) is 0 Å². The van der Waals surface area contributed by atoms with E-state index in [-0.39, 0.29) is 10.1 Å². The molecule has 3 aromatic rings. The fraction of sp³-hybridized carbons (Fsp3) is 0.125. The Morgan fingerprint density at radius 3 is 2.48 bits per heavy atom. The van der Waals surface area contributed by atoms with Gasteiger partial charge in [0.1, 0.15) is 0 Å². The van der Waals surface area contributed by atoms with Crippen LogP contribution in [0.5, 0.6) is 0 Å². The molecule has 0 unspecified atom stereocenters. The number of nitrogens with zero attached hydrogens (tertiary/aromatic N) is 4. The number of benzene rings is 2. The van der Waals surface area contributed by atoms with Crippen LogP contribution in [0.4, 0.5) is 18.9 Å². The van der Waals surface area contributed by atoms with Crippen molar-refractivity contribution in [3.8, 4) is 0 Å². The summed E-state index contributed by atoms with van der Waals surface area (Å²) in [5.41, 5.74) is -0.839. The first-order valence-corrected chi connectivity index (χ1v) is 8.34. The summed E-state index contributed by atoms with van der Waals surface area (Å²) in [5.74, 6) is 6.36. The maximum Gasteiger partial charge on any atom is 0.416 e. The van der Waals surface area contributed by atoms with Crippen molar-refractivity contribution in [1.82, 2.24) is 14.9 Å². The Morgan fingerprint density at radius 1 is 1.15 bits per heavy atom. The second kappa shape index (κ2) is 7.27. The fourth-order valence-electron chi connectivity index (χ4n) is 2.30. The predicted molar refractivity (Wildman–Crippen MR) is 91.6 cm³/mol. The molecule has 3 rings (SSSR count). The molecule has 1 heterocycles. The quantitative estimate of drug-likeness (QED) is 0.402. The standard InChI is InChI=1S/C16H12F3N5O2S/c17-16(18,19)11-6-7-13(12(9-11)24(25)26)27-15-22-21-14(23(15)20)8-10-4-2-1-3-5-10/h1-7,9H,8,20H2. The largest absolute Gasteiger partial charge is 0.416 e. The molecule has 0 radical (unpaired) electrons. The lowest BCUT2D eigenvalue weighted by Crippen LogP contribution is -2.14. The SMILES string of the molecule is Nn1c(Cc2ccccc2)nnc1Sc1ccc(C(F)(F)F)cc1[N+](=O)[O-]. The number of hydrogen-bond donors (Lipinski definition) is 1. The third kappa shape index (κ3) is 4.19. The molecule has 27 heavy (non-hydrogen) atoms. The van der Waals surface area contributed by atoms with Crippen molar-refractivity contribution in [2.45, 2.75) is 22.6 Å². The monoisotopic (exact) mass is 395 g/mol. The normalized spacial score (nSPS) is 11.5. The molecule has 7 nitrogen and oxygen atoms in total. The minimum Gasteiger partial charge on any atom is -0.336 e. The summed E-state index contributed by atoms with van der Waals surface area (Å²) < 4.78 is 39.5. The van der Waals surface area contributed by atoms with Crippen LogP contribution in [0.1, 0.15) is 17.0 Å². The first-order chi connectivity index (χ1) is 12.8. The highest BCUT2D eigenvalue weighted by Gasteiger charge is 2.33. The Morgan fingerprint density at radius 2 is 1.85 bits per heavy atom. The summed E-state index contributed by atoms with van der Waals surface area (Å²) in [7, 11) is 0. The highest BCUT2D eigenvalue weighted by molar-refractivity contribution is 7.99. The number of halogens is 3. The second-order valence-corrected chi connectivity index (χ2v) is 6.48. The van der Waals surface area contributed by atoms with E-state index >= 15 is 0 Å². The Bertz CT molecular complexity index is 976. The lowest BCUT2D eigenvalue weighted by atomic mass is 10.1. The molecule has 0 atom stereocenters. The minimum atomic E-state index is -4.68. The van der Waals surface area contributed by atoms with Gasteiger partial charge in [0.15, 0.2) is 5.82 Å². The Labute approximate surface area is 155 Å². The maximum absolute atomic E-state index is 12.8. The fourth-order valence-corrected chi connectivity index (χ4v) is 3.15. The van der Waals surface area contributed by atoms with Gasteiger partial charge in [-0.25, -0.2) is 4.68 Å². The van der Waals surface area contributed by atoms with Gasteiger partial charge in [0.25, 0.3) is 5.69 Å². The molecule has 0 saturated heterocycles. The zero-order chi connectivity index (χ0) is 19.6. The van der Waals surface area contributed by atoms with Gasteiger partial charge in [-0.2, -0.15) is 13.2 Å². The van der Waals surface area contributed by atoms with Gasteiger partial charge in [0.05, 0.1) is 15.4 Å². The summed E-state index contributed by atoms with van der Waals surface area (Å²) >= 11 is 0.775.